The van der Waals surface area contributed by atoms with Gasteiger partial charge in [0, 0.05) is 6.92 Å². The smallest absolute Gasteiger partial charge is 0.303 e. The van der Waals surface area contributed by atoms with Gasteiger partial charge >= 0.3 is 5.97 Å². The van der Waals surface area contributed by atoms with Crippen molar-refractivity contribution in [3.05, 3.63) is 35.9 Å². The summed E-state index contributed by atoms with van der Waals surface area (Å²) in [7, 11) is 0. The average Bonchev–Trinajstić information content (AvgIpc) is 2.32. The van der Waals surface area contributed by atoms with Crippen LogP contribution in [0.25, 0.3) is 0 Å². The van der Waals surface area contributed by atoms with E-state index in [4.69, 9.17) is 10.00 Å². The van der Waals surface area contributed by atoms with Crippen molar-refractivity contribution in [2.45, 2.75) is 33.3 Å². The molecule has 0 amide bonds. The first-order valence-electron chi connectivity index (χ1n) is 5.33. The highest BCUT2D eigenvalue weighted by Crippen LogP contribution is 2.20. The second kappa shape index (κ2) is 8.49. The molecule has 0 aliphatic heterocycles. The van der Waals surface area contributed by atoms with Crippen molar-refractivity contribution in [2.24, 2.45) is 0 Å². The molecule has 1 aromatic rings. The molecule has 0 bridgehead atoms. The zero-order valence-corrected chi connectivity index (χ0v) is 9.93. The number of carbonyl (C=O) groups excluding carboxylic acids is 1. The van der Waals surface area contributed by atoms with Gasteiger partial charge in [-0.2, -0.15) is 5.26 Å². The first-order chi connectivity index (χ1) is 7.74. The van der Waals surface area contributed by atoms with Crippen LogP contribution >= 0.6 is 0 Å². The van der Waals surface area contributed by atoms with Crippen LogP contribution in [0.15, 0.2) is 30.3 Å². The Morgan fingerprint density at radius 2 is 1.94 bits per heavy atom. The van der Waals surface area contributed by atoms with E-state index < -0.39 is 6.10 Å². The molecular formula is C13H17NO2. The van der Waals surface area contributed by atoms with Crippen molar-refractivity contribution in [1.29, 1.82) is 5.26 Å². The lowest BCUT2D eigenvalue weighted by Crippen LogP contribution is -2.07. The van der Waals surface area contributed by atoms with E-state index in [1.54, 1.807) is 0 Å². The summed E-state index contributed by atoms with van der Waals surface area (Å²) in [4.78, 5) is 10.8. The topological polar surface area (TPSA) is 50.1 Å². The quantitative estimate of drug-likeness (QED) is 0.733. The number of hydrogen-bond donors (Lipinski definition) is 0. The number of nitrogens with zero attached hydrogens (tertiary/aromatic N) is 1. The van der Waals surface area contributed by atoms with E-state index in [2.05, 4.69) is 0 Å². The molecule has 1 atom stereocenters. The van der Waals surface area contributed by atoms with Crippen molar-refractivity contribution in [3.63, 3.8) is 0 Å². The van der Waals surface area contributed by atoms with Crippen molar-refractivity contribution < 1.29 is 9.53 Å². The first kappa shape index (κ1) is 14.2. The minimum Gasteiger partial charge on any atom is -0.457 e. The number of hydrogen-bond acceptors (Lipinski definition) is 3. The molecule has 0 N–H and O–H groups in total. The number of esters is 1. The number of rotatable bonds is 3. The van der Waals surface area contributed by atoms with Crippen LogP contribution in [0.4, 0.5) is 0 Å². The van der Waals surface area contributed by atoms with Crippen molar-refractivity contribution in [3.8, 4) is 6.07 Å². The first-order valence-corrected chi connectivity index (χ1v) is 5.33. The third-order valence-corrected chi connectivity index (χ3v) is 1.76. The summed E-state index contributed by atoms with van der Waals surface area (Å²) in [6, 6.07) is 11.2. The summed E-state index contributed by atoms with van der Waals surface area (Å²) in [5.41, 5.74) is 0.851. The van der Waals surface area contributed by atoms with Crippen molar-refractivity contribution >= 4 is 5.97 Å². The maximum atomic E-state index is 10.8. The zero-order chi connectivity index (χ0) is 12.4. The Labute approximate surface area is 96.7 Å². The zero-order valence-electron chi connectivity index (χ0n) is 9.93. The fraction of sp³-hybridized carbons (Fsp3) is 0.385. The van der Waals surface area contributed by atoms with E-state index in [0.717, 1.165) is 5.56 Å². The molecule has 1 unspecified atom stereocenters. The molecular weight excluding hydrogens is 202 g/mol. The van der Waals surface area contributed by atoms with Gasteiger partial charge in [0.25, 0.3) is 0 Å². The molecule has 1 rings (SSSR count). The van der Waals surface area contributed by atoms with Gasteiger partial charge in [-0.1, -0.05) is 44.2 Å². The van der Waals surface area contributed by atoms with Crippen LogP contribution < -0.4 is 0 Å². The molecule has 0 heterocycles. The monoisotopic (exact) mass is 219 g/mol. The largest absolute Gasteiger partial charge is 0.457 e. The van der Waals surface area contributed by atoms with Gasteiger partial charge in [-0.15, -0.1) is 0 Å². The summed E-state index contributed by atoms with van der Waals surface area (Å²) in [5.74, 6) is -0.367. The molecule has 0 aromatic heterocycles. The maximum Gasteiger partial charge on any atom is 0.303 e. The van der Waals surface area contributed by atoms with Crippen LogP contribution in [-0.2, 0) is 9.53 Å². The lowest BCUT2D eigenvalue weighted by Gasteiger charge is -2.13. The Hall–Kier alpha value is -1.82. The minimum absolute atomic E-state index is 0.184. The lowest BCUT2D eigenvalue weighted by molar-refractivity contribution is -0.146. The van der Waals surface area contributed by atoms with Gasteiger partial charge in [0.1, 0.15) is 6.10 Å². The third-order valence-electron chi connectivity index (χ3n) is 1.76. The number of carbonyl (C=O) groups is 1. The molecule has 3 heteroatoms. The van der Waals surface area contributed by atoms with Crippen LogP contribution in [0, 0.1) is 11.3 Å². The van der Waals surface area contributed by atoms with E-state index in [-0.39, 0.29) is 12.4 Å². The highest BCUT2D eigenvalue weighted by atomic mass is 16.5. The molecule has 0 saturated carbocycles. The summed E-state index contributed by atoms with van der Waals surface area (Å²) in [6.45, 7) is 5.34. The predicted molar refractivity (Wildman–Crippen MR) is 62.5 cm³/mol. The van der Waals surface area contributed by atoms with Gasteiger partial charge in [-0.05, 0) is 5.56 Å². The van der Waals surface area contributed by atoms with E-state index in [9.17, 15) is 4.79 Å². The van der Waals surface area contributed by atoms with Gasteiger partial charge < -0.3 is 4.74 Å². The summed E-state index contributed by atoms with van der Waals surface area (Å²) in [5, 5.41) is 8.57. The van der Waals surface area contributed by atoms with Crippen LogP contribution in [0.2, 0.25) is 0 Å². The molecule has 0 aliphatic carbocycles. The molecule has 0 fully saturated rings. The number of ether oxygens (including phenoxy) is 1. The van der Waals surface area contributed by atoms with Crippen LogP contribution in [0.3, 0.4) is 0 Å². The van der Waals surface area contributed by atoms with Gasteiger partial charge in [0.05, 0.1) is 12.5 Å². The number of benzene rings is 1. The molecule has 1 aromatic carbocycles. The minimum atomic E-state index is -0.446. The standard InChI is InChI=1S/C11H11NO2.C2H6/c1-9(13)14-11(7-8-12)10-5-3-2-4-6-10;1-2/h2-6,11H,7H2,1H3;1-2H3. The maximum absolute atomic E-state index is 10.8. The molecule has 3 nitrogen and oxygen atoms in total. The van der Waals surface area contributed by atoms with E-state index >= 15 is 0 Å². The summed E-state index contributed by atoms with van der Waals surface area (Å²) >= 11 is 0. The lowest BCUT2D eigenvalue weighted by atomic mass is 10.1. The fourth-order valence-corrected chi connectivity index (χ4v) is 1.18. The normalized spacial score (nSPS) is 10.4. The Morgan fingerprint density at radius 3 is 2.38 bits per heavy atom. The number of nitriles is 1. The highest BCUT2D eigenvalue weighted by molar-refractivity contribution is 5.66. The van der Waals surface area contributed by atoms with Crippen molar-refractivity contribution in [1.82, 2.24) is 0 Å². The Balaban J connectivity index is 0.00000106. The second-order valence-electron chi connectivity index (χ2n) is 2.87. The average molecular weight is 219 g/mol. The summed E-state index contributed by atoms with van der Waals surface area (Å²) < 4.78 is 5.02. The van der Waals surface area contributed by atoms with Crippen molar-refractivity contribution in [2.75, 3.05) is 0 Å². The van der Waals surface area contributed by atoms with E-state index in [0.29, 0.717) is 0 Å². The Morgan fingerprint density at radius 1 is 1.38 bits per heavy atom. The van der Waals surface area contributed by atoms with Gasteiger partial charge in [0.15, 0.2) is 0 Å². The van der Waals surface area contributed by atoms with Gasteiger partial charge in [-0.25, -0.2) is 0 Å². The van der Waals surface area contributed by atoms with E-state index in [1.165, 1.54) is 6.92 Å². The molecule has 16 heavy (non-hydrogen) atoms. The second-order valence-corrected chi connectivity index (χ2v) is 2.87. The predicted octanol–water partition coefficient (Wildman–Crippen LogP) is 3.23. The van der Waals surface area contributed by atoms with Crippen LogP contribution in [0.5, 0.6) is 0 Å². The molecule has 0 radical (unpaired) electrons. The Bertz CT molecular complexity index is 341. The molecule has 0 spiro atoms. The molecule has 0 aliphatic rings. The SMILES string of the molecule is CC.CC(=O)OC(CC#N)c1ccccc1. The van der Waals surface area contributed by atoms with Gasteiger partial charge in [0.2, 0.25) is 0 Å². The Kier molecular flexibility index (Phi) is 7.52. The van der Waals surface area contributed by atoms with E-state index in [1.807, 2.05) is 50.2 Å². The van der Waals surface area contributed by atoms with Crippen LogP contribution in [-0.4, -0.2) is 5.97 Å². The highest BCUT2D eigenvalue weighted by Gasteiger charge is 2.13. The van der Waals surface area contributed by atoms with Crippen LogP contribution in [0.1, 0.15) is 38.9 Å². The fourth-order valence-electron chi connectivity index (χ4n) is 1.18. The van der Waals surface area contributed by atoms with Gasteiger partial charge in [-0.3, -0.25) is 4.79 Å². The summed E-state index contributed by atoms with van der Waals surface area (Å²) in [6.07, 6.45) is -0.262. The molecule has 86 valence electrons. The molecule has 0 saturated heterocycles. The third kappa shape index (κ3) is 5.16.